The normalized spacial score (nSPS) is 28.7. The highest BCUT2D eigenvalue weighted by Gasteiger charge is 2.54. The van der Waals surface area contributed by atoms with Crippen molar-refractivity contribution in [1.29, 1.82) is 0 Å². The quantitative estimate of drug-likeness (QED) is 0.663. The number of rotatable bonds is 4. The minimum absolute atomic E-state index is 0.0718. The molecule has 0 saturated heterocycles. The molecule has 5 nitrogen and oxygen atoms in total. The summed E-state index contributed by atoms with van der Waals surface area (Å²) in [6.45, 7) is 5.32. The largest absolute Gasteiger partial charge is 0.444 e. The number of hydrogen-bond donors (Lipinski definition) is 3. The lowest BCUT2D eigenvalue weighted by Crippen LogP contribution is -2.44. The first-order valence-corrected chi connectivity index (χ1v) is 5.56. The second kappa shape index (κ2) is 4.59. The Morgan fingerprint density at radius 3 is 2.56 bits per heavy atom. The van der Waals surface area contributed by atoms with Crippen LogP contribution in [0.3, 0.4) is 0 Å². The van der Waals surface area contributed by atoms with E-state index in [9.17, 15) is 9.90 Å². The zero-order valence-corrected chi connectivity index (χ0v) is 10.1. The Labute approximate surface area is 95.8 Å². The summed E-state index contributed by atoms with van der Waals surface area (Å²) >= 11 is 0. The van der Waals surface area contributed by atoms with E-state index in [0.29, 0.717) is 12.8 Å². The first kappa shape index (κ1) is 13.3. The third-order valence-corrected chi connectivity index (χ3v) is 2.74. The van der Waals surface area contributed by atoms with Crippen molar-refractivity contribution in [2.75, 3.05) is 13.2 Å². The summed E-state index contributed by atoms with van der Waals surface area (Å²) in [5, 5.41) is 20.7. The second-order valence-corrected chi connectivity index (χ2v) is 5.35. The van der Waals surface area contributed by atoms with Gasteiger partial charge in [-0.05, 0) is 39.5 Å². The number of carbonyl (C=O) groups excluding carboxylic acids is 1. The standard InChI is InChI=1S/C11H21NO4/c1-10(2,3)16-9(15)12-11(7-14)6-8(11)4-5-13/h8,13-14H,4-7H2,1-3H3,(H,12,15). The molecule has 1 aliphatic rings. The molecule has 2 atom stereocenters. The Bertz CT molecular complexity index is 261. The van der Waals surface area contributed by atoms with Gasteiger partial charge in [-0.3, -0.25) is 0 Å². The Morgan fingerprint density at radius 2 is 2.12 bits per heavy atom. The molecule has 94 valence electrons. The summed E-state index contributed by atoms with van der Waals surface area (Å²) in [5.74, 6) is 0.148. The van der Waals surface area contributed by atoms with Crippen LogP contribution in [0.25, 0.3) is 0 Å². The van der Waals surface area contributed by atoms with Crippen LogP contribution in [0.5, 0.6) is 0 Å². The summed E-state index contributed by atoms with van der Waals surface area (Å²) in [5.41, 5.74) is -1.12. The van der Waals surface area contributed by atoms with Gasteiger partial charge in [-0.15, -0.1) is 0 Å². The predicted octanol–water partition coefficient (Wildman–Crippen LogP) is 0.645. The molecule has 0 aromatic rings. The molecule has 16 heavy (non-hydrogen) atoms. The van der Waals surface area contributed by atoms with Crippen LogP contribution in [0.15, 0.2) is 0 Å². The van der Waals surface area contributed by atoms with Gasteiger partial charge in [0.05, 0.1) is 12.1 Å². The number of aliphatic hydroxyl groups is 2. The van der Waals surface area contributed by atoms with Gasteiger partial charge in [0.15, 0.2) is 0 Å². The average Bonchev–Trinajstić information content (AvgIpc) is 2.76. The molecule has 0 spiro atoms. The molecule has 0 radical (unpaired) electrons. The molecular weight excluding hydrogens is 210 g/mol. The van der Waals surface area contributed by atoms with E-state index >= 15 is 0 Å². The summed E-state index contributed by atoms with van der Waals surface area (Å²) < 4.78 is 5.12. The number of ether oxygens (including phenoxy) is 1. The van der Waals surface area contributed by atoms with E-state index in [-0.39, 0.29) is 19.1 Å². The van der Waals surface area contributed by atoms with Crippen LogP contribution >= 0.6 is 0 Å². The molecule has 1 fully saturated rings. The number of amides is 1. The van der Waals surface area contributed by atoms with E-state index in [2.05, 4.69) is 5.32 Å². The molecule has 1 saturated carbocycles. The molecule has 3 N–H and O–H groups in total. The van der Waals surface area contributed by atoms with Crippen LogP contribution in [0.4, 0.5) is 4.79 Å². The van der Waals surface area contributed by atoms with Gasteiger partial charge in [-0.2, -0.15) is 0 Å². The molecule has 1 aliphatic carbocycles. The lowest BCUT2D eigenvalue weighted by atomic mass is 10.2. The molecular formula is C11H21NO4. The topological polar surface area (TPSA) is 78.8 Å². The lowest BCUT2D eigenvalue weighted by Gasteiger charge is -2.23. The van der Waals surface area contributed by atoms with Gasteiger partial charge in [-0.25, -0.2) is 4.79 Å². The fourth-order valence-corrected chi connectivity index (χ4v) is 1.81. The molecule has 0 bridgehead atoms. The smallest absolute Gasteiger partial charge is 0.408 e. The van der Waals surface area contributed by atoms with Crippen molar-refractivity contribution >= 4 is 6.09 Å². The highest BCUT2D eigenvalue weighted by Crippen LogP contribution is 2.45. The Kier molecular flexibility index (Phi) is 3.80. The van der Waals surface area contributed by atoms with Gasteiger partial charge in [0.25, 0.3) is 0 Å². The zero-order valence-electron chi connectivity index (χ0n) is 10.1. The molecule has 1 rings (SSSR count). The van der Waals surface area contributed by atoms with Gasteiger partial charge in [-0.1, -0.05) is 0 Å². The maximum atomic E-state index is 11.5. The van der Waals surface area contributed by atoms with Crippen LogP contribution in [0, 0.1) is 5.92 Å². The maximum Gasteiger partial charge on any atom is 0.408 e. The van der Waals surface area contributed by atoms with Gasteiger partial charge >= 0.3 is 6.09 Å². The zero-order chi connectivity index (χ0) is 12.4. The predicted molar refractivity (Wildman–Crippen MR) is 59.0 cm³/mol. The summed E-state index contributed by atoms with van der Waals surface area (Å²) in [4.78, 5) is 11.5. The van der Waals surface area contributed by atoms with E-state index in [0.717, 1.165) is 0 Å². The number of alkyl carbamates (subject to hydrolysis) is 1. The van der Waals surface area contributed by atoms with Crippen LogP contribution in [-0.4, -0.2) is 40.7 Å². The Hall–Kier alpha value is -0.810. The third-order valence-electron chi connectivity index (χ3n) is 2.74. The first-order valence-electron chi connectivity index (χ1n) is 5.56. The molecule has 5 heteroatoms. The fourth-order valence-electron chi connectivity index (χ4n) is 1.81. The van der Waals surface area contributed by atoms with Crippen LogP contribution in [0.1, 0.15) is 33.6 Å². The minimum atomic E-state index is -0.578. The minimum Gasteiger partial charge on any atom is -0.444 e. The average molecular weight is 231 g/mol. The van der Waals surface area contributed by atoms with E-state index < -0.39 is 17.2 Å². The molecule has 2 unspecified atom stereocenters. The summed E-state index contributed by atoms with van der Waals surface area (Å²) in [6.07, 6.45) is 0.779. The number of aliphatic hydroxyl groups excluding tert-OH is 2. The monoisotopic (exact) mass is 231 g/mol. The SMILES string of the molecule is CC(C)(C)OC(=O)NC1(CO)CC1CCO. The molecule has 0 aliphatic heterocycles. The van der Waals surface area contributed by atoms with Crippen molar-refractivity contribution < 1.29 is 19.7 Å². The maximum absolute atomic E-state index is 11.5. The van der Waals surface area contributed by atoms with Crippen LogP contribution in [-0.2, 0) is 4.74 Å². The van der Waals surface area contributed by atoms with Gasteiger partial charge < -0.3 is 20.3 Å². The summed E-state index contributed by atoms with van der Waals surface area (Å²) in [6, 6.07) is 0. The van der Waals surface area contributed by atoms with Crippen molar-refractivity contribution in [3.05, 3.63) is 0 Å². The van der Waals surface area contributed by atoms with Gasteiger partial charge in [0.2, 0.25) is 0 Å². The molecule has 1 amide bonds. The molecule has 0 aromatic heterocycles. The lowest BCUT2D eigenvalue weighted by molar-refractivity contribution is 0.0459. The Balaban J connectivity index is 2.44. The highest BCUT2D eigenvalue weighted by molar-refractivity contribution is 5.69. The first-order chi connectivity index (χ1) is 7.33. The molecule has 0 heterocycles. The number of carbonyl (C=O) groups is 1. The van der Waals surface area contributed by atoms with Crippen molar-refractivity contribution in [3.8, 4) is 0 Å². The van der Waals surface area contributed by atoms with E-state index in [1.807, 2.05) is 0 Å². The van der Waals surface area contributed by atoms with E-state index in [1.165, 1.54) is 0 Å². The van der Waals surface area contributed by atoms with E-state index in [1.54, 1.807) is 20.8 Å². The summed E-state index contributed by atoms with van der Waals surface area (Å²) in [7, 11) is 0. The van der Waals surface area contributed by atoms with Crippen molar-refractivity contribution in [2.45, 2.75) is 44.8 Å². The fraction of sp³-hybridized carbons (Fsp3) is 0.909. The third kappa shape index (κ3) is 3.35. The second-order valence-electron chi connectivity index (χ2n) is 5.35. The molecule has 0 aromatic carbocycles. The van der Waals surface area contributed by atoms with E-state index in [4.69, 9.17) is 9.84 Å². The van der Waals surface area contributed by atoms with Gasteiger partial charge in [0.1, 0.15) is 5.60 Å². The van der Waals surface area contributed by atoms with Gasteiger partial charge in [0, 0.05) is 6.61 Å². The Morgan fingerprint density at radius 1 is 1.50 bits per heavy atom. The number of nitrogens with one attached hydrogen (secondary N) is 1. The van der Waals surface area contributed by atoms with Crippen molar-refractivity contribution in [3.63, 3.8) is 0 Å². The van der Waals surface area contributed by atoms with Crippen LogP contribution in [0.2, 0.25) is 0 Å². The number of hydrogen-bond acceptors (Lipinski definition) is 4. The van der Waals surface area contributed by atoms with Crippen LogP contribution < -0.4 is 5.32 Å². The highest BCUT2D eigenvalue weighted by atomic mass is 16.6. The van der Waals surface area contributed by atoms with Crippen molar-refractivity contribution in [2.24, 2.45) is 5.92 Å². The van der Waals surface area contributed by atoms with Crippen molar-refractivity contribution in [1.82, 2.24) is 5.32 Å².